The molecule has 0 aliphatic heterocycles. The molecule has 0 bridgehead atoms. The van der Waals surface area contributed by atoms with Gasteiger partial charge in [-0.05, 0) is 19.3 Å². The maximum Gasteiger partial charge on any atom is 0.241 e. The second kappa shape index (κ2) is 13.1. The minimum absolute atomic E-state index is 0.141. The van der Waals surface area contributed by atoms with E-state index < -0.39 is 0 Å². The molecule has 2 aromatic heterocycles. The molecular formula is C22H39N7. The maximum absolute atomic E-state index is 5.77. The average molecular weight is 402 g/mol. The van der Waals surface area contributed by atoms with Crippen molar-refractivity contribution in [2.45, 2.75) is 104 Å². The van der Waals surface area contributed by atoms with Crippen molar-refractivity contribution in [3.05, 3.63) is 17.7 Å². The van der Waals surface area contributed by atoms with Gasteiger partial charge in [0.1, 0.15) is 5.82 Å². The van der Waals surface area contributed by atoms with Crippen molar-refractivity contribution >= 4 is 11.9 Å². The molecule has 0 aliphatic rings. The number of aromatic nitrogens is 5. The highest BCUT2D eigenvalue weighted by atomic mass is 15.3. The summed E-state index contributed by atoms with van der Waals surface area (Å²) >= 11 is 0. The zero-order valence-electron chi connectivity index (χ0n) is 18.4. The lowest BCUT2D eigenvalue weighted by atomic mass is 10.1. The van der Waals surface area contributed by atoms with Crippen molar-refractivity contribution in [3.63, 3.8) is 0 Å². The van der Waals surface area contributed by atoms with Crippen LogP contribution < -0.4 is 11.5 Å². The topological polar surface area (TPSA) is 109 Å². The van der Waals surface area contributed by atoms with Crippen LogP contribution in [0, 0.1) is 0 Å². The van der Waals surface area contributed by atoms with E-state index in [1.165, 1.54) is 64.2 Å². The van der Waals surface area contributed by atoms with Gasteiger partial charge in [0.2, 0.25) is 17.8 Å². The van der Waals surface area contributed by atoms with Crippen molar-refractivity contribution in [2.75, 3.05) is 11.5 Å². The first-order chi connectivity index (χ1) is 14.1. The van der Waals surface area contributed by atoms with E-state index >= 15 is 0 Å². The monoisotopic (exact) mass is 401 g/mol. The first-order valence-electron chi connectivity index (χ1n) is 11.5. The van der Waals surface area contributed by atoms with E-state index in [0.717, 1.165) is 37.2 Å². The Kier molecular flexibility index (Phi) is 10.5. The van der Waals surface area contributed by atoms with Gasteiger partial charge in [0.05, 0.1) is 5.69 Å². The minimum Gasteiger partial charge on any atom is -0.368 e. The summed E-state index contributed by atoms with van der Waals surface area (Å²) in [6, 6.07) is 0. The second-order valence-electron chi connectivity index (χ2n) is 7.91. The Morgan fingerprint density at radius 2 is 1.17 bits per heavy atom. The smallest absolute Gasteiger partial charge is 0.241 e. The standard InChI is InChI=1S/C22H39N7/c1-3-5-7-8-9-10-11-12-14-16-19-25-18(15-13-6-4-2)17-29(19)22-27-20(23)26-21(24)28-22/h17H,3-16H2,1-2H3,(H4,23,24,26,27,28). The fraction of sp³-hybridized carbons (Fsp3) is 0.727. The predicted molar refractivity (Wildman–Crippen MR) is 120 cm³/mol. The van der Waals surface area contributed by atoms with E-state index in [9.17, 15) is 0 Å². The molecule has 4 N–H and O–H groups in total. The van der Waals surface area contributed by atoms with Gasteiger partial charge in [-0.1, -0.05) is 78.1 Å². The van der Waals surface area contributed by atoms with Gasteiger partial charge in [0.15, 0.2) is 0 Å². The van der Waals surface area contributed by atoms with Crippen molar-refractivity contribution in [2.24, 2.45) is 0 Å². The van der Waals surface area contributed by atoms with Gasteiger partial charge in [-0.3, -0.25) is 4.57 Å². The van der Waals surface area contributed by atoms with Gasteiger partial charge in [-0.25, -0.2) is 4.98 Å². The summed E-state index contributed by atoms with van der Waals surface area (Å²) in [7, 11) is 0. The molecule has 0 spiro atoms. The molecule has 0 amide bonds. The normalized spacial score (nSPS) is 11.2. The molecule has 0 unspecified atom stereocenters. The predicted octanol–water partition coefficient (Wildman–Crippen LogP) is 5.03. The molecule has 0 fully saturated rings. The Labute approximate surface area is 175 Å². The summed E-state index contributed by atoms with van der Waals surface area (Å²) in [5.74, 6) is 1.74. The highest BCUT2D eigenvalue weighted by molar-refractivity contribution is 5.32. The van der Waals surface area contributed by atoms with Crippen LogP contribution in [0.25, 0.3) is 5.95 Å². The van der Waals surface area contributed by atoms with Gasteiger partial charge >= 0.3 is 0 Å². The summed E-state index contributed by atoms with van der Waals surface area (Å²) in [5.41, 5.74) is 12.6. The number of hydrogen-bond acceptors (Lipinski definition) is 6. The van der Waals surface area contributed by atoms with Crippen molar-refractivity contribution in [1.82, 2.24) is 24.5 Å². The Morgan fingerprint density at radius 1 is 0.655 bits per heavy atom. The van der Waals surface area contributed by atoms with Gasteiger partial charge in [0.25, 0.3) is 0 Å². The first kappa shape index (κ1) is 23.1. The van der Waals surface area contributed by atoms with E-state index in [4.69, 9.17) is 16.5 Å². The van der Waals surface area contributed by atoms with Crippen molar-refractivity contribution in [1.29, 1.82) is 0 Å². The summed E-state index contributed by atoms with van der Waals surface area (Å²) in [5, 5.41) is 0. The zero-order valence-corrected chi connectivity index (χ0v) is 18.4. The molecule has 2 aromatic rings. The number of hydrogen-bond donors (Lipinski definition) is 2. The molecule has 7 nitrogen and oxygen atoms in total. The third-order valence-corrected chi connectivity index (χ3v) is 5.24. The zero-order chi connectivity index (χ0) is 20.9. The number of unbranched alkanes of at least 4 members (excludes halogenated alkanes) is 10. The average Bonchev–Trinajstić information content (AvgIpc) is 3.09. The van der Waals surface area contributed by atoms with Crippen LogP contribution in [0.15, 0.2) is 6.20 Å². The Hall–Kier alpha value is -2.18. The molecule has 0 radical (unpaired) electrons. The van der Waals surface area contributed by atoms with Crippen LogP contribution in [0.4, 0.5) is 11.9 Å². The van der Waals surface area contributed by atoms with Crippen LogP contribution in [0.5, 0.6) is 0 Å². The van der Waals surface area contributed by atoms with Crippen LogP contribution >= 0.6 is 0 Å². The summed E-state index contributed by atoms with van der Waals surface area (Å²) in [6.07, 6.45) is 19.3. The Balaban J connectivity index is 1.92. The Morgan fingerprint density at radius 3 is 1.79 bits per heavy atom. The van der Waals surface area contributed by atoms with Crippen LogP contribution in [0.1, 0.15) is 102 Å². The van der Waals surface area contributed by atoms with Crippen LogP contribution in [-0.2, 0) is 12.8 Å². The van der Waals surface area contributed by atoms with E-state index in [0.29, 0.717) is 5.95 Å². The molecule has 0 saturated carbocycles. The number of aryl methyl sites for hydroxylation is 2. The van der Waals surface area contributed by atoms with Crippen molar-refractivity contribution < 1.29 is 0 Å². The van der Waals surface area contributed by atoms with Gasteiger partial charge in [0, 0.05) is 12.6 Å². The lowest BCUT2D eigenvalue weighted by Gasteiger charge is -2.07. The third kappa shape index (κ3) is 8.38. The van der Waals surface area contributed by atoms with Gasteiger partial charge in [-0.15, -0.1) is 0 Å². The molecule has 7 heteroatoms. The number of nitrogen functional groups attached to an aromatic ring is 2. The van der Waals surface area contributed by atoms with Crippen molar-refractivity contribution in [3.8, 4) is 5.95 Å². The molecule has 162 valence electrons. The van der Waals surface area contributed by atoms with Crippen LogP contribution in [0.3, 0.4) is 0 Å². The molecular weight excluding hydrogens is 362 g/mol. The molecule has 0 aromatic carbocycles. The number of imidazole rings is 1. The van der Waals surface area contributed by atoms with E-state index in [1.807, 2.05) is 10.8 Å². The van der Waals surface area contributed by atoms with Gasteiger partial charge < -0.3 is 11.5 Å². The van der Waals surface area contributed by atoms with Crippen LogP contribution in [-0.4, -0.2) is 24.5 Å². The SMILES string of the molecule is CCCCCCCCCCCc1nc(CCCCC)cn1-c1nc(N)nc(N)n1. The van der Waals surface area contributed by atoms with E-state index in [2.05, 4.69) is 28.8 Å². The highest BCUT2D eigenvalue weighted by Crippen LogP contribution is 2.17. The third-order valence-electron chi connectivity index (χ3n) is 5.24. The first-order valence-corrected chi connectivity index (χ1v) is 11.5. The number of nitrogens with two attached hydrogens (primary N) is 2. The lowest BCUT2D eigenvalue weighted by Crippen LogP contribution is -2.10. The largest absolute Gasteiger partial charge is 0.368 e. The maximum atomic E-state index is 5.77. The summed E-state index contributed by atoms with van der Waals surface area (Å²) in [6.45, 7) is 4.48. The minimum atomic E-state index is 0.141. The quantitative estimate of drug-likeness (QED) is 0.405. The fourth-order valence-corrected chi connectivity index (χ4v) is 3.60. The van der Waals surface area contributed by atoms with E-state index in [-0.39, 0.29) is 11.9 Å². The second-order valence-corrected chi connectivity index (χ2v) is 7.91. The lowest BCUT2D eigenvalue weighted by molar-refractivity contribution is 0.560. The van der Waals surface area contributed by atoms with E-state index in [1.54, 1.807) is 0 Å². The van der Waals surface area contributed by atoms with Gasteiger partial charge in [-0.2, -0.15) is 15.0 Å². The number of nitrogens with zero attached hydrogens (tertiary/aromatic N) is 5. The molecule has 2 heterocycles. The highest BCUT2D eigenvalue weighted by Gasteiger charge is 2.13. The molecule has 0 aliphatic carbocycles. The molecule has 2 rings (SSSR count). The number of rotatable bonds is 15. The molecule has 0 saturated heterocycles. The number of anilines is 2. The summed E-state index contributed by atoms with van der Waals surface area (Å²) < 4.78 is 1.94. The summed E-state index contributed by atoms with van der Waals surface area (Å²) in [4.78, 5) is 17.3. The Bertz CT molecular complexity index is 691. The molecule has 0 atom stereocenters. The molecule has 29 heavy (non-hydrogen) atoms. The fourth-order valence-electron chi connectivity index (χ4n) is 3.60. The van der Waals surface area contributed by atoms with Crippen LogP contribution in [0.2, 0.25) is 0 Å².